The lowest BCUT2D eigenvalue weighted by Crippen LogP contribution is -2.46. The molecule has 1 aliphatic rings. The molecule has 0 atom stereocenters. The molecular formula is C18H28N2O4. The fourth-order valence-corrected chi connectivity index (χ4v) is 2.62. The van der Waals surface area contributed by atoms with Gasteiger partial charge in [0.05, 0.1) is 12.2 Å². The molecule has 0 bridgehead atoms. The van der Waals surface area contributed by atoms with E-state index < -0.39 is 11.2 Å². The van der Waals surface area contributed by atoms with Crippen LogP contribution in [-0.2, 0) is 10.3 Å². The van der Waals surface area contributed by atoms with Gasteiger partial charge in [0.15, 0.2) is 0 Å². The van der Waals surface area contributed by atoms with Crippen LogP contribution in [0.2, 0.25) is 0 Å². The molecule has 6 heteroatoms. The van der Waals surface area contributed by atoms with Gasteiger partial charge in [-0.3, -0.25) is 0 Å². The number of aliphatic hydroxyl groups is 1. The first-order chi connectivity index (χ1) is 11.2. The molecule has 2 heterocycles. The number of likely N-dealkylation sites (tertiary alicyclic amines) is 1. The van der Waals surface area contributed by atoms with Crippen molar-refractivity contribution in [1.82, 2.24) is 9.88 Å². The standard InChI is InChI=1S/C18H28N2O4/c1-5-12-23-15-7-6-14(13-19-15)18(22)8-10-20(11-9-18)16(21)24-17(2,3)4/h6-7,13,22H,5,8-12H2,1-4H3. The maximum absolute atomic E-state index is 12.1. The normalized spacial score (nSPS) is 17.5. The molecule has 0 aliphatic carbocycles. The number of carbonyl (C=O) groups is 1. The van der Waals surface area contributed by atoms with Crippen molar-refractivity contribution in [2.75, 3.05) is 19.7 Å². The summed E-state index contributed by atoms with van der Waals surface area (Å²) in [6.45, 7) is 9.12. The van der Waals surface area contributed by atoms with E-state index in [0.29, 0.717) is 38.4 Å². The second-order valence-electron chi connectivity index (χ2n) is 7.23. The van der Waals surface area contributed by atoms with Gasteiger partial charge in [-0.15, -0.1) is 0 Å². The quantitative estimate of drug-likeness (QED) is 0.915. The van der Waals surface area contributed by atoms with Crippen molar-refractivity contribution >= 4 is 6.09 Å². The monoisotopic (exact) mass is 336 g/mol. The van der Waals surface area contributed by atoms with Crippen LogP contribution in [0.25, 0.3) is 0 Å². The smallest absolute Gasteiger partial charge is 0.410 e. The molecule has 2 rings (SSSR count). The molecule has 24 heavy (non-hydrogen) atoms. The lowest BCUT2D eigenvalue weighted by Gasteiger charge is -2.38. The Balaban J connectivity index is 1.95. The number of piperidine rings is 1. The maximum atomic E-state index is 12.1. The minimum Gasteiger partial charge on any atom is -0.478 e. The molecule has 0 saturated carbocycles. The Bertz CT molecular complexity index is 543. The molecule has 1 aliphatic heterocycles. The molecule has 0 radical (unpaired) electrons. The molecule has 0 unspecified atom stereocenters. The van der Waals surface area contributed by atoms with E-state index in [1.54, 1.807) is 17.2 Å². The molecule has 1 fully saturated rings. The molecule has 0 spiro atoms. The first kappa shape index (κ1) is 18.5. The first-order valence-corrected chi connectivity index (χ1v) is 8.53. The van der Waals surface area contributed by atoms with Gasteiger partial charge in [-0.05, 0) is 46.1 Å². The van der Waals surface area contributed by atoms with E-state index in [2.05, 4.69) is 4.98 Å². The van der Waals surface area contributed by atoms with E-state index in [0.717, 1.165) is 12.0 Å². The second kappa shape index (κ2) is 7.38. The summed E-state index contributed by atoms with van der Waals surface area (Å²) in [4.78, 5) is 18.0. The molecule has 1 aromatic heterocycles. The van der Waals surface area contributed by atoms with E-state index >= 15 is 0 Å². The van der Waals surface area contributed by atoms with E-state index in [1.165, 1.54) is 0 Å². The van der Waals surface area contributed by atoms with E-state index in [-0.39, 0.29) is 6.09 Å². The molecular weight excluding hydrogens is 308 g/mol. The van der Waals surface area contributed by atoms with Crippen LogP contribution in [0.4, 0.5) is 4.79 Å². The lowest BCUT2D eigenvalue weighted by atomic mass is 9.85. The van der Waals surface area contributed by atoms with Gasteiger partial charge in [-0.1, -0.05) is 6.92 Å². The fraction of sp³-hybridized carbons (Fsp3) is 0.667. The number of hydrogen-bond donors (Lipinski definition) is 1. The summed E-state index contributed by atoms with van der Waals surface area (Å²) in [6, 6.07) is 3.63. The molecule has 134 valence electrons. The number of nitrogens with zero attached hydrogens (tertiary/aromatic N) is 2. The summed E-state index contributed by atoms with van der Waals surface area (Å²) in [7, 11) is 0. The molecule has 0 aromatic carbocycles. The van der Waals surface area contributed by atoms with Crippen molar-refractivity contribution in [3.8, 4) is 5.88 Å². The Morgan fingerprint density at radius 1 is 1.33 bits per heavy atom. The summed E-state index contributed by atoms with van der Waals surface area (Å²) in [5.74, 6) is 0.565. The van der Waals surface area contributed by atoms with E-state index in [4.69, 9.17) is 9.47 Å². The number of rotatable bonds is 4. The number of aromatic nitrogens is 1. The van der Waals surface area contributed by atoms with Crippen molar-refractivity contribution < 1.29 is 19.4 Å². The van der Waals surface area contributed by atoms with Gasteiger partial charge >= 0.3 is 6.09 Å². The summed E-state index contributed by atoms with van der Waals surface area (Å²) in [5, 5.41) is 10.9. The van der Waals surface area contributed by atoms with Crippen LogP contribution in [0.1, 0.15) is 52.5 Å². The van der Waals surface area contributed by atoms with E-state index in [1.807, 2.05) is 33.8 Å². The zero-order chi connectivity index (χ0) is 17.8. The van der Waals surface area contributed by atoms with Crippen molar-refractivity contribution in [2.45, 2.75) is 58.2 Å². The summed E-state index contributed by atoms with van der Waals surface area (Å²) in [5.41, 5.74) is -0.715. The number of pyridine rings is 1. The maximum Gasteiger partial charge on any atom is 0.410 e. The minimum atomic E-state index is -0.963. The molecule has 1 aromatic rings. The highest BCUT2D eigenvalue weighted by Gasteiger charge is 2.37. The Morgan fingerprint density at radius 2 is 2.00 bits per heavy atom. The Morgan fingerprint density at radius 3 is 2.50 bits per heavy atom. The zero-order valence-electron chi connectivity index (χ0n) is 15.0. The van der Waals surface area contributed by atoms with Crippen LogP contribution in [0, 0.1) is 0 Å². The van der Waals surface area contributed by atoms with E-state index in [9.17, 15) is 9.90 Å². The predicted molar refractivity (Wildman–Crippen MR) is 91.0 cm³/mol. The van der Waals surface area contributed by atoms with Gasteiger partial charge in [-0.2, -0.15) is 0 Å². The molecule has 1 saturated heterocycles. The highest BCUT2D eigenvalue weighted by molar-refractivity contribution is 5.68. The van der Waals surface area contributed by atoms with Crippen LogP contribution in [-0.4, -0.2) is 46.4 Å². The van der Waals surface area contributed by atoms with Crippen LogP contribution in [0.3, 0.4) is 0 Å². The highest BCUT2D eigenvalue weighted by atomic mass is 16.6. The van der Waals surface area contributed by atoms with Gasteiger partial charge in [-0.25, -0.2) is 9.78 Å². The third-order valence-corrected chi connectivity index (χ3v) is 3.97. The SMILES string of the molecule is CCCOc1ccc(C2(O)CCN(C(=O)OC(C)(C)C)CC2)cn1. The van der Waals surface area contributed by atoms with Gasteiger partial charge in [0.2, 0.25) is 5.88 Å². The predicted octanol–water partition coefficient (Wildman–Crippen LogP) is 3.09. The molecule has 1 amide bonds. The number of amides is 1. The van der Waals surface area contributed by atoms with Crippen molar-refractivity contribution in [2.24, 2.45) is 0 Å². The lowest BCUT2D eigenvalue weighted by molar-refractivity contribution is -0.0358. The van der Waals surface area contributed by atoms with Gasteiger partial charge in [0.1, 0.15) is 5.60 Å². The largest absolute Gasteiger partial charge is 0.478 e. The molecule has 6 nitrogen and oxygen atoms in total. The van der Waals surface area contributed by atoms with Crippen LogP contribution >= 0.6 is 0 Å². The van der Waals surface area contributed by atoms with Crippen molar-refractivity contribution in [3.05, 3.63) is 23.9 Å². The van der Waals surface area contributed by atoms with Crippen LogP contribution in [0.15, 0.2) is 18.3 Å². The van der Waals surface area contributed by atoms with Crippen LogP contribution in [0.5, 0.6) is 5.88 Å². The summed E-state index contributed by atoms with van der Waals surface area (Å²) < 4.78 is 10.8. The topological polar surface area (TPSA) is 71.9 Å². The third kappa shape index (κ3) is 4.84. The average Bonchev–Trinajstić information content (AvgIpc) is 2.52. The highest BCUT2D eigenvalue weighted by Crippen LogP contribution is 2.33. The molecule has 1 N–H and O–H groups in total. The number of hydrogen-bond acceptors (Lipinski definition) is 5. The fourth-order valence-electron chi connectivity index (χ4n) is 2.62. The zero-order valence-corrected chi connectivity index (χ0v) is 15.0. The third-order valence-electron chi connectivity index (χ3n) is 3.97. The summed E-state index contributed by atoms with van der Waals surface area (Å²) in [6.07, 6.45) is 3.18. The Kier molecular flexibility index (Phi) is 5.70. The second-order valence-corrected chi connectivity index (χ2v) is 7.23. The van der Waals surface area contributed by atoms with Gasteiger partial charge in [0, 0.05) is 30.9 Å². The summed E-state index contributed by atoms with van der Waals surface area (Å²) >= 11 is 0. The van der Waals surface area contributed by atoms with Gasteiger partial charge < -0.3 is 19.5 Å². The first-order valence-electron chi connectivity index (χ1n) is 8.53. The number of carbonyl (C=O) groups excluding carboxylic acids is 1. The van der Waals surface area contributed by atoms with Crippen LogP contribution < -0.4 is 4.74 Å². The average molecular weight is 336 g/mol. The van der Waals surface area contributed by atoms with Crippen molar-refractivity contribution in [3.63, 3.8) is 0 Å². The Hall–Kier alpha value is -1.82. The number of ether oxygens (including phenoxy) is 2. The van der Waals surface area contributed by atoms with Crippen molar-refractivity contribution in [1.29, 1.82) is 0 Å². The van der Waals surface area contributed by atoms with Gasteiger partial charge in [0.25, 0.3) is 0 Å². The Labute approximate surface area is 143 Å². The minimum absolute atomic E-state index is 0.328.